The average Bonchev–Trinajstić information content (AvgIpc) is 3.57. The summed E-state index contributed by atoms with van der Waals surface area (Å²) in [5, 5.41) is 6.18. The van der Waals surface area contributed by atoms with Gasteiger partial charge in [-0.25, -0.2) is 0 Å². The average molecular weight is 588 g/mol. The van der Waals surface area contributed by atoms with Gasteiger partial charge in [-0.2, -0.15) is 0 Å². The Hall–Kier alpha value is -3.24. The lowest BCUT2D eigenvalue weighted by molar-refractivity contribution is -0.119. The van der Waals surface area contributed by atoms with E-state index in [-0.39, 0.29) is 35.8 Å². The topological polar surface area (TPSA) is 83.6 Å². The lowest BCUT2D eigenvalue weighted by atomic mass is 10.1. The van der Waals surface area contributed by atoms with Crippen molar-refractivity contribution in [2.75, 3.05) is 18.4 Å². The van der Waals surface area contributed by atoms with Crippen molar-refractivity contribution < 1.29 is 14.3 Å². The molecule has 2 aromatic heterocycles. The van der Waals surface area contributed by atoms with Crippen LogP contribution in [-0.2, 0) is 11.2 Å². The summed E-state index contributed by atoms with van der Waals surface area (Å²) >= 11 is 13.1. The number of fused-ring (bicyclic) bond motifs is 1. The van der Waals surface area contributed by atoms with Crippen LogP contribution < -0.4 is 15.4 Å². The first-order valence-corrected chi connectivity index (χ1v) is 13.4. The van der Waals surface area contributed by atoms with Crippen LogP contribution in [0.1, 0.15) is 28.1 Å². The molecule has 1 fully saturated rings. The zero-order valence-electron chi connectivity index (χ0n) is 20.1. The summed E-state index contributed by atoms with van der Waals surface area (Å²) in [5.74, 6) is 0.836. The Balaban J connectivity index is 0.00000336. The Bertz CT molecular complexity index is 1470. The number of ether oxygens (including phenoxy) is 1. The molecule has 4 aromatic rings. The number of amides is 2. The van der Waals surface area contributed by atoms with Crippen molar-refractivity contribution in [3.8, 4) is 11.5 Å². The summed E-state index contributed by atoms with van der Waals surface area (Å²) in [4.78, 5) is 32.0. The minimum atomic E-state index is -0.213. The zero-order chi connectivity index (χ0) is 25.8. The van der Waals surface area contributed by atoms with Gasteiger partial charge in [0.15, 0.2) is 5.11 Å². The van der Waals surface area contributed by atoms with Gasteiger partial charge in [-0.3, -0.25) is 14.6 Å². The van der Waals surface area contributed by atoms with Gasteiger partial charge < -0.3 is 20.3 Å². The smallest absolute Gasteiger partial charge is 0.264 e. The van der Waals surface area contributed by atoms with E-state index in [1.165, 1.54) is 11.3 Å². The lowest BCUT2D eigenvalue weighted by Crippen LogP contribution is -2.35. The Labute approximate surface area is 240 Å². The molecule has 5 rings (SSSR count). The summed E-state index contributed by atoms with van der Waals surface area (Å²) in [6.45, 7) is 1.58. The van der Waals surface area contributed by atoms with Gasteiger partial charge in [-0.15, -0.1) is 23.7 Å². The first-order valence-electron chi connectivity index (χ1n) is 11.8. The highest BCUT2D eigenvalue weighted by Crippen LogP contribution is 2.38. The maximum atomic E-state index is 12.8. The largest absolute Gasteiger partial charge is 0.454 e. The highest BCUT2D eigenvalue weighted by Gasteiger charge is 2.22. The molecule has 0 aliphatic carbocycles. The molecule has 0 atom stereocenters. The van der Waals surface area contributed by atoms with Gasteiger partial charge in [-0.05, 0) is 54.9 Å². The molecule has 38 heavy (non-hydrogen) atoms. The van der Waals surface area contributed by atoms with E-state index < -0.39 is 0 Å². The molecule has 11 heteroatoms. The van der Waals surface area contributed by atoms with E-state index in [2.05, 4.69) is 15.6 Å². The maximum absolute atomic E-state index is 12.8. The number of thiophene rings is 1. The van der Waals surface area contributed by atoms with Crippen molar-refractivity contribution in [1.29, 1.82) is 0 Å². The third-order valence-electron chi connectivity index (χ3n) is 5.85. The molecule has 1 aliphatic rings. The summed E-state index contributed by atoms with van der Waals surface area (Å²) in [6, 6.07) is 18.1. The molecule has 1 aliphatic heterocycles. The van der Waals surface area contributed by atoms with Crippen molar-refractivity contribution in [2.45, 2.75) is 19.3 Å². The number of hydrogen-bond acceptors (Lipinski definition) is 6. The fraction of sp³-hybridized carbons (Fsp3) is 0.185. The molecule has 2 amide bonds. The number of nitrogens with one attached hydrogen (secondary N) is 2. The second-order valence-electron chi connectivity index (χ2n) is 8.55. The van der Waals surface area contributed by atoms with E-state index in [4.69, 9.17) is 28.6 Å². The number of anilines is 1. The van der Waals surface area contributed by atoms with Gasteiger partial charge in [-0.1, -0.05) is 41.9 Å². The molecule has 0 bridgehead atoms. The van der Waals surface area contributed by atoms with Gasteiger partial charge in [0.05, 0.1) is 26.5 Å². The van der Waals surface area contributed by atoms with Crippen LogP contribution in [0.25, 0.3) is 10.2 Å². The molecule has 1 saturated heterocycles. The second-order valence-corrected chi connectivity index (χ2v) is 10.4. The molecular weight excluding hydrogens is 563 g/mol. The molecule has 0 unspecified atom stereocenters. The molecule has 0 saturated carbocycles. The van der Waals surface area contributed by atoms with E-state index >= 15 is 0 Å². The molecule has 0 spiro atoms. The van der Waals surface area contributed by atoms with Crippen LogP contribution >= 0.6 is 47.6 Å². The third kappa shape index (κ3) is 6.60. The summed E-state index contributed by atoms with van der Waals surface area (Å²) in [5.41, 5.74) is 2.21. The molecular formula is C27H24Cl2N4O3S2. The third-order valence-corrected chi connectivity index (χ3v) is 7.48. The number of nitrogens with zero attached hydrogens (tertiary/aromatic N) is 2. The Morgan fingerprint density at radius 2 is 1.82 bits per heavy atom. The highest BCUT2D eigenvalue weighted by atomic mass is 35.5. The SMILES string of the molecule is Cl.O=C(Cc1ccccc1)NC(=S)Nc1ccc(Oc2ccnc3cc(C(=O)N4CCCC4)sc23)c(Cl)c1. The lowest BCUT2D eigenvalue weighted by Gasteiger charge is -2.13. The van der Waals surface area contributed by atoms with Crippen LogP contribution in [0, 0.1) is 0 Å². The van der Waals surface area contributed by atoms with Crippen LogP contribution in [0.5, 0.6) is 11.5 Å². The van der Waals surface area contributed by atoms with Crippen molar-refractivity contribution in [3.05, 3.63) is 82.3 Å². The minimum Gasteiger partial charge on any atom is -0.454 e. The number of thiocarbonyl (C=S) groups is 1. The summed E-state index contributed by atoms with van der Waals surface area (Å²) < 4.78 is 6.90. The molecule has 196 valence electrons. The number of benzene rings is 2. The Morgan fingerprint density at radius 3 is 2.55 bits per heavy atom. The van der Waals surface area contributed by atoms with E-state index in [1.54, 1.807) is 30.5 Å². The predicted molar refractivity (Wildman–Crippen MR) is 158 cm³/mol. The summed E-state index contributed by atoms with van der Waals surface area (Å²) in [7, 11) is 0. The number of rotatable bonds is 6. The highest BCUT2D eigenvalue weighted by molar-refractivity contribution is 7.80. The fourth-order valence-corrected chi connectivity index (χ4v) is 5.56. The van der Waals surface area contributed by atoms with Crippen molar-refractivity contribution in [3.63, 3.8) is 0 Å². The number of likely N-dealkylation sites (tertiary alicyclic amines) is 1. The van der Waals surface area contributed by atoms with Crippen molar-refractivity contribution in [1.82, 2.24) is 15.2 Å². The monoisotopic (exact) mass is 586 g/mol. The van der Waals surface area contributed by atoms with Crippen LogP contribution in [0.2, 0.25) is 5.02 Å². The summed E-state index contributed by atoms with van der Waals surface area (Å²) in [6.07, 6.45) is 3.95. The van der Waals surface area contributed by atoms with Crippen LogP contribution in [0.3, 0.4) is 0 Å². The minimum absolute atomic E-state index is 0. The number of pyridine rings is 1. The molecule has 7 nitrogen and oxygen atoms in total. The molecule has 0 radical (unpaired) electrons. The normalized spacial score (nSPS) is 12.6. The molecule has 2 aromatic carbocycles. The Kier molecular flexibility index (Phi) is 9.17. The van der Waals surface area contributed by atoms with Gasteiger partial charge >= 0.3 is 0 Å². The van der Waals surface area contributed by atoms with Crippen molar-refractivity contribution in [2.24, 2.45) is 0 Å². The van der Waals surface area contributed by atoms with Crippen LogP contribution in [0.15, 0.2) is 66.9 Å². The molecule has 2 N–H and O–H groups in total. The molecule has 3 heterocycles. The maximum Gasteiger partial charge on any atom is 0.264 e. The van der Waals surface area contributed by atoms with E-state index in [1.807, 2.05) is 41.3 Å². The number of halogens is 2. The van der Waals surface area contributed by atoms with Gasteiger partial charge in [0.2, 0.25) is 5.91 Å². The van der Waals surface area contributed by atoms with Gasteiger partial charge in [0, 0.05) is 31.0 Å². The quantitative estimate of drug-likeness (QED) is 0.252. The van der Waals surface area contributed by atoms with E-state index in [0.29, 0.717) is 32.6 Å². The predicted octanol–water partition coefficient (Wildman–Crippen LogP) is 6.46. The number of carbonyl (C=O) groups is 2. The number of carbonyl (C=O) groups excluding carboxylic acids is 2. The van der Waals surface area contributed by atoms with Gasteiger partial charge in [0.1, 0.15) is 11.5 Å². The first-order chi connectivity index (χ1) is 18.0. The number of aromatic nitrogens is 1. The second kappa shape index (κ2) is 12.5. The van der Waals surface area contributed by atoms with E-state index in [9.17, 15) is 9.59 Å². The fourth-order valence-electron chi connectivity index (χ4n) is 4.07. The number of hydrogen-bond donors (Lipinski definition) is 2. The standard InChI is InChI=1S/C27H23ClN4O3S2.ClH/c28-19-15-18(30-27(36)31-24(33)14-17-6-2-1-3-7-17)8-9-21(19)35-22-10-11-29-20-16-23(37-25(20)22)26(34)32-12-4-5-13-32;/h1-3,6-11,15-16H,4-5,12-14H2,(H2,30,31,33,36);1H. The Morgan fingerprint density at radius 1 is 1.05 bits per heavy atom. The van der Waals surface area contributed by atoms with Crippen LogP contribution in [-0.4, -0.2) is 39.9 Å². The van der Waals surface area contributed by atoms with Crippen LogP contribution in [0.4, 0.5) is 5.69 Å². The first kappa shape index (κ1) is 27.8. The van der Waals surface area contributed by atoms with E-state index in [0.717, 1.165) is 36.2 Å². The van der Waals surface area contributed by atoms with Crippen molar-refractivity contribution >= 4 is 80.4 Å². The van der Waals surface area contributed by atoms with Gasteiger partial charge in [0.25, 0.3) is 5.91 Å². The zero-order valence-corrected chi connectivity index (χ0v) is 23.3.